The zero-order valence-corrected chi connectivity index (χ0v) is 23.9. The van der Waals surface area contributed by atoms with Crippen LogP contribution in [0.15, 0.2) is 144 Å². The molecule has 0 radical (unpaired) electrons. The van der Waals surface area contributed by atoms with E-state index in [1.54, 1.807) is 0 Å². The molecule has 10 rings (SSSR count). The Hall–Kier alpha value is -5.38. The smallest absolute Gasteiger partial charge is 0.136 e. The molecule has 43 heavy (non-hydrogen) atoms. The summed E-state index contributed by atoms with van der Waals surface area (Å²) in [6.07, 6.45) is 2.18. The van der Waals surface area contributed by atoms with Gasteiger partial charge >= 0.3 is 0 Å². The Bertz CT molecular complexity index is 2720. The summed E-state index contributed by atoms with van der Waals surface area (Å²) in [6, 6.07) is 48.4. The summed E-state index contributed by atoms with van der Waals surface area (Å²) in [7, 11) is 0. The van der Waals surface area contributed by atoms with E-state index in [1.807, 2.05) is 17.4 Å². The topological polar surface area (TPSA) is 18.1 Å². The summed E-state index contributed by atoms with van der Waals surface area (Å²) in [5, 5.41) is 11.1. The number of fused-ring (bicyclic) bond motifs is 10. The van der Waals surface area contributed by atoms with Crippen LogP contribution in [-0.4, -0.2) is 4.57 Å². The molecule has 0 fully saturated rings. The van der Waals surface area contributed by atoms with Gasteiger partial charge in [0.05, 0.1) is 5.52 Å². The van der Waals surface area contributed by atoms with Gasteiger partial charge in [-0.15, -0.1) is 11.3 Å². The van der Waals surface area contributed by atoms with Gasteiger partial charge in [0.1, 0.15) is 11.2 Å². The molecule has 3 heteroatoms. The van der Waals surface area contributed by atoms with E-state index in [0.717, 1.165) is 27.6 Å². The Labute approximate surface area is 250 Å². The van der Waals surface area contributed by atoms with Crippen LogP contribution in [-0.2, 0) is 0 Å². The molecule has 0 aliphatic rings. The molecular formula is C40H23NOS. The molecule has 3 heterocycles. The summed E-state index contributed by atoms with van der Waals surface area (Å²) in [5.41, 5.74) is 6.74. The van der Waals surface area contributed by atoms with Crippen molar-refractivity contribution in [3.63, 3.8) is 0 Å². The Morgan fingerprint density at radius 2 is 1.28 bits per heavy atom. The van der Waals surface area contributed by atoms with E-state index in [4.69, 9.17) is 4.42 Å². The van der Waals surface area contributed by atoms with Crippen molar-refractivity contribution in [2.24, 2.45) is 0 Å². The number of para-hydroxylation sites is 2. The van der Waals surface area contributed by atoms with Gasteiger partial charge < -0.3 is 8.98 Å². The second-order valence-corrected chi connectivity index (χ2v) is 12.4. The number of nitrogens with zero attached hydrogens (tertiary/aromatic N) is 1. The van der Waals surface area contributed by atoms with Crippen LogP contribution in [0.25, 0.3) is 91.4 Å². The van der Waals surface area contributed by atoms with E-state index in [2.05, 4.69) is 138 Å². The summed E-state index contributed by atoms with van der Waals surface area (Å²) in [5.74, 6) is 0. The predicted molar refractivity (Wildman–Crippen MR) is 184 cm³/mol. The lowest BCUT2D eigenvalue weighted by atomic mass is 9.91. The van der Waals surface area contributed by atoms with Crippen LogP contribution in [0.1, 0.15) is 0 Å². The van der Waals surface area contributed by atoms with Crippen molar-refractivity contribution in [2.75, 3.05) is 0 Å². The molecule has 0 unspecified atom stereocenters. The quantitative estimate of drug-likeness (QED) is 0.191. The lowest BCUT2D eigenvalue weighted by molar-refractivity contribution is 0.669. The first-order valence-corrected chi connectivity index (χ1v) is 15.4. The fourth-order valence-corrected chi connectivity index (χ4v) is 8.23. The summed E-state index contributed by atoms with van der Waals surface area (Å²) in [6.45, 7) is 0. The first-order valence-electron chi connectivity index (χ1n) is 14.6. The van der Waals surface area contributed by atoms with E-state index in [9.17, 15) is 0 Å². The van der Waals surface area contributed by atoms with E-state index in [0.29, 0.717) is 0 Å². The number of hydrogen-bond donors (Lipinski definition) is 0. The van der Waals surface area contributed by atoms with Crippen LogP contribution in [0.2, 0.25) is 0 Å². The average Bonchev–Trinajstić information content (AvgIpc) is 3.76. The molecule has 0 bridgehead atoms. The lowest BCUT2D eigenvalue weighted by Gasteiger charge is -2.14. The average molecular weight is 566 g/mol. The van der Waals surface area contributed by atoms with Gasteiger partial charge in [0.15, 0.2) is 0 Å². The van der Waals surface area contributed by atoms with Gasteiger partial charge in [-0.1, -0.05) is 72.8 Å². The van der Waals surface area contributed by atoms with Crippen LogP contribution in [0.5, 0.6) is 0 Å². The summed E-state index contributed by atoms with van der Waals surface area (Å²) < 4.78 is 11.3. The lowest BCUT2D eigenvalue weighted by Crippen LogP contribution is -1.91. The molecule has 0 saturated carbocycles. The third-order valence-electron chi connectivity index (χ3n) is 8.99. The van der Waals surface area contributed by atoms with Gasteiger partial charge in [-0.05, 0) is 87.8 Å². The normalized spacial score (nSPS) is 12.2. The summed E-state index contributed by atoms with van der Waals surface area (Å²) >= 11 is 1.89. The van der Waals surface area contributed by atoms with E-state index in [-0.39, 0.29) is 0 Å². The second kappa shape index (κ2) is 8.57. The second-order valence-electron chi connectivity index (χ2n) is 11.4. The first kappa shape index (κ1) is 23.2. The molecule has 0 amide bonds. The van der Waals surface area contributed by atoms with E-state index < -0.39 is 0 Å². The van der Waals surface area contributed by atoms with Gasteiger partial charge in [0.25, 0.3) is 0 Å². The van der Waals surface area contributed by atoms with Crippen molar-refractivity contribution in [3.05, 3.63) is 140 Å². The van der Waals surface area contributed by atoms with Crippen molar-refractivity contribution >= 4 is 85.9 Å². The fraction of sp³-hybridized carbons (Fsp3) is 0. The number of furan rings is 1. The Morgan fingerprint density at radius 1 is 0.465 bits per heavy atom. The van der Waals surface area contributed by atoms with Gasteiger partial charge in [-0.25, -0.2) is 0 Å². The molecule has 0 spiro atoms. The maximum Gasteiger partial charge on any atom is 0.136 e. The highest BCUT2D eigenvalue weighted by Gasteiger charge is 2.18. The highest BCUT2D eigenvalue weighted by molar-refractivity contribution is 7.26. The molecular weight excluding hydrogens is 543 g/mol. The van der Waals surface area contributed by atoms with Gasteiger partial charge in [0, 0.05) is 53.8 Å². The predicted octanol–water partition coefficient (Wildman–Crippen LogP) is 11.9. The van der Waals surface area contributed by atoms with Crippen molar-refractivity contribution < 1.29 is 4.42 Å². The van der Waals surface area contributed by atoms with Crippen LogP contribution in [0, 0.1) is 0 Å². The monoisotopic (exact) mass is 565 g/mol. The van der Waals surface area contributed by atoms with Crippen molar-refractivity contribution in [1.29, 1.82) is 0 Å². The van der Waals surface area contributed by atoms with E-state index >= 15 is 0 Å². The fourth-order valence-electron chi connectivity index (χ4n) is 7.00. The van der Waals surface area contributed by atoms with Gasteiger partial charge in [-0.2, -0.15) is 0 Å². The van der Waals surface area contributed by atoms with Crippen LogP contribution < -0.4 is 0 Å². The van der Waals surface area contributed by atoms with Gasteiger partial charge in [0.2, 0.25) is 0 Å². The Morgan fingerprint density at radius 3 is 2.21 bits per heavy atom. The van der Waals surface area contributed by atoms with Gasteiger partial charge in [-0.3, -0.25) is 0 Å². The maximum absolute atomic E-state index is 6.41. The Balaban J connectivity index is 1.37. The van der Waals surface area contributed by atoms with Crippen LogP contribution in [0.3, 0.4) is 0 Å². The molecule has 0 atom stereocenters. The standard InChI is InChI=1S/C40H23NOS/c1-2-9-26(10-3-1)41-18-17-24-19-31-25(21-36(24)41)20-32(30-14-8-13-29-28-12-5-7-16-39(28)43-40(29)30)33-22-35-27-11-4-6-15-37(27)42-38(35)23-34(31)33/h1-23H. The molecule has 3 aromatic heterocycles. The molecule has 7 aromatic carbocycles. The highest BCUT2D eigenvalue weighted by Crippen LogP contribution is 2.45. The molecule has 10 aromatic rings. The summed E-state index contributed by atoms with van der Waals surface area (Å²) in [4.78, 5) is 0. The minimum atomic E-state index is 0.924. The molecule has 0 aliphatic heterocycles. The van der Waals surface area contributed by atoms with Crippen molar-refractivity contribution in [3.8, 4) is 16.8 Å². The number of hydrogen-bond acceptors (Lipinski definition) is 2. The molecule has 0 saturated heterocycles. The Kier molecular flexibility index (Phi) is 4.63. The third kappa shape index (κ3) is 3.28. The minimum Gasteiger partial charge on any atom is -0.456 e. The SMILES string of the molecule is c1ccc(-n2ccc3cc4c(cc(-c5cccc6c5sc5ccccc56)c5cc6c(cc54)oc4ccccc46)cc32)cc1. The number of rotatable bonds is 2. The number of thiophene rings is 1. The molecule has 200 valence electrons. The molecule has 0 aliphatic carbocycles. The number of benzene rings is 7. The number of aromatic nitrogens is 1. The highest BCUT2D eigenvalue weighted by atomic mass is 32.1. The third-order valence-corrected chi connectivity index (χ3v) is 10.2. The van der Waals surface area contributed by atoms with Crippen LogP contribution in [0.4, 0.5) is 0 Å². The van der Waals surface area contributed by atoms with E-state index in [1.165, 1.54) is 63.7 Å². The van der Waals surface area contributed by atoms with Crippen LogP contribution >= 0.6 is 11.3 Å². The van der Waals surface area contributed by atoms with Crippen molar-refractivity contribution in [2.45, 2.75) is 0 Å². The largest absolute Gasteiger partial charge is 0.456 e. The van der Waals surface area contributed by atoms with Crippen molar-refractivity contribution in [1.82, 2.24) is 4.57 Å². The molecule has 2 nitrogen and oxygen atoms in total. The zero-order valence-electron chi connectivity index (χ0n) is 23.0. The zero-order chi connectivity index (χ0) is 28.1. The molecule has 0 N–H and O–H groups in total. The maximum atomic E-state index is 6.41. The first-order chi connectivity index (χ1) is 21.3. The minimum absolute atomic E-state index is 0.924.